The Morgan fingerprint density at radius 1 is 1.27 bits per heavy atom. The predicted molar refractivity (Wildman–Crippen MR) is 164 cm³/mol. The molecule has 0 unspecified atom stereocenters. The van der Waals surface area contributed by atoms with E-state index in [4.69, 9.17) is 10.5 Å². The molecular formula is C33H48N2O5S. The summed E-state index contributed by atoms with van der Waals surface area (Å²) < 4.78 is 5.92. The highest BCUT2D eigenvalue weighted by molar-refractivity contribution is 8.01. The first-order chi connectivity index (χ1) is 19.1. The molecule has 1 aromatic rings. The van der Waals surface area contributed by atoms with Gasteiger partial charge in [0.2, 0.25) is 0 Å². The number of Topliss-reactive ketones (excluding diaryl/α,β-unsaturated/α-hetero) is 1. The minimum Gasteiger partial charge on any atom is -0.461 e. The third kappa shape index (κ3) is 5.71. The Labute approximate surface area is 249 Å². The molecule has 3 fully saturated rings. The standard InChI is InChI=1S/C33H48N2O5S/c1-8-31(6)17-25(32(7)20(2)12-14-33(21(3)28(31)38)15-13-24(36)27(32)33)40-26(37)18-41-30(4,5)19-35-29(39)22-10-9-11-23(34)16-22/h8-11,16,20-21,25,27-28,38H,1,12-15,17-19,34H2,2-7H3,(H,35,39)/t20-,21+,25-,27+,28+,31-,32+,33+/m1/s1. The zero-order chi connectivity index (χ0) is 30.4. The van der Waals surface area contributed by atoms with Gasteiger partial charge in [-0.05, 0) is 75.0 Å². The van der Waals surface area contributed by atoms with Gasteiger partial charge in [0.1, 0.15) is 11.9 Å². The first kappa shape index (κ1) is 31.6. The van der Waals surface area contributed by atoms with Gasteiger partial charge in [-0.25, -0.2) is 0 Å². The number of aliphatic hydroxyl groups excluding tert-OH is 1. The molecule has 8 atom stereocenters. The van der Waals surface area contributed by atoms with Gasteiger partial charge in [0.05, 0.1) is 11.9 Å². The van der Waals surface area contributed by atoms with Crippen molar-refractivity contribution in [3.63, 3.8) is 0 Å². The van der Waals surface area contributed by atoms with Crippen molar-refractivity contribution in [3.8, 4) is 0 Å². The van der Waals surface area contributed by atoms with Crippen molar-refractivity contribution >= 4 is 35.1 Å². The molecule has 7 nitrogen and oxygen atoms in total. The average molecular weight is 585 g/mol. The number of nitrogens with two attached hydrogens (primary N) is 1. The number of thioether (sulfide) groups is 1. The van der Waals surface area contributed by atoms with E-state index in [0.29, 0.717) is 30.6 Å². The average Bonchev–Trinajstić information content (AvgIpc) is 3.29. The van der Waals surface area contributed by atoms with Gasteiger partial charge in [0, 0.05) is 45.7 Å². The van der Waals surface area contributed by atoms with Gasteiger partial charge in [-0.1, -0.05) is 39.8 Å². The van der Waals surface area contributed by atoms with Gasteiger partial charge in [0.15, 0.2) is 0 Å². The number of benzene rings is 1. The second kappa shape index (κ2) is 11.4. The molecule has 0 aliphatic heterocycles. The Bertz CT molecular complexity index is 1200. The first-order valence-corrected chi connectivity index (χ1v) is 15.9. The summed E-state index contributed by atoms with van der Waals surface area (Å²) in [5.74, 6) is -0.346. The topological polar surface area (TPSA) is 119 Å². The highest BCUT2D eigenvalue weighted by atomic mass is 32.2. The lowest BCUT2D eigenvalue weighted by molar-refractivity contribution is -0.205. The van der Waals surface area contributed by atoms with E-state index in [-0.39, 0.29) is 46.6 Å². The Morgan fingerprint density at radius 2 is 1.98 bits per heavy atom. The minimum absolute atomic E-state index is 0.0654. The molecule has 41 heavy (non-hydrogen) atoms. The van der Waals surface area contributed by atoms with E-state index in [9.17, 15) is 19.5 Å². The smallest absolute Gasteiger partial charge is 0.316 e. The Kier molecular flexibility index (Phi) is 8.79. The van der Waals surface area contributed by atoms with Crippen LogP contribution in [-0.2, 0) is 14.3 Å². The third-order valence-electron chi connectivity index (χ3n) is 11.0. The van der Waals surface area contributed by atoms with Crippen molar-refractivity contribution in [3.05, 3.63) is 42.5 Å². The fourth-order valence-electron chi connectivity index (χ4n) is 8.07. The molecule has 8 heteroatoms. The van der Waals surface area contributed by atoms with E-state index < -0.39 is 27.8 Å². The number of aliphatic hydroxyl groups is 1. The fourth-order valence-corrected chi connectivity index (χ4v) is 8.83. The highest BCUT2D eigenvalue weighted by Gasteiger charge is 2.68. The molecule has 4 rings (SSSR count). The van der Waals surface area contributed by atoms with Gasteiger partial charge in [-0.3, -0.25) is 14.4 Å². The number of hydrogen-bond acceptors (Lipinski definition) is 7. The second-order valence-corrected chi connectivity index (χ2v) is 15.6. The lowest BCUT2D eigenvalue weighted by Gasteiger charge is -2.61. The van der Waals surface area contributed by atoms with Crippen molar-refractivity contribution in [2.24, 2.45) is 34.0 Å². The number of ketones is 1. The molecule has 0 spiro atoms. The molecule has 0 saturated heterocycles. The normalized spacial score (nSPS) is 37.0. The van der Waals surface area contributed by atoms with Crippen LogP contribution in [0.3, 0.4) is 0 Å². The summed E-state index contributed by atoms with van der Waals surface area (Å²) in [6.07, 6.45) is 4.13. The molecule has 3 aliphatic carbocycles. The van der Waals surface area contributed by atoms with Crippen molar-refractivity contribution in [1.82, 2.24) is 5.32 Å². The van der Waals surface area contributed by atoms with E-state index >= 15 is 0 Å². The van der Waals surface area contributed by atoms with Crippen LogP contribution in [0.15, 0.2) is 36.9 Å². The molecule has 3 saturated carbocycles. The SMILES string of the molecule is C=C[C@]1(C)C[C@@H](OC(=O)CSC(C)(C)CNC(=O)c2cccc(N)c2)[C@]2(C)[C@H](C)CC[C@]3(CCC(=O)[C@H]32)[C@@H](C)[C@@H]1O. The largest absolute Gasteiger partial charge is 0.461 e. The van der Waals surface area contributed by atoms with Crippen LogP contribution >= 0.6 is 11.8 Å². The van der Waals surface area contributed by atoms with Crippen LogP contribution < -0.4 is 11.1 Å². The fraction of sp³-hybridized carbons (Fsp3) is 0.667. The summed E-state index contributed by atoms with van der Waals surface area (Å²) in [6, 6.07) is 6.81. The summed E-state index contributed by atoms with van der Waals surface area (Å²) in [6.45, 7) is 16.8. The van der Waals surface area contributed by atoms with Gasteiger partial charge in [-0.2, -0.15) is 0 Å². The van der Waals surface area contributed by atoms with E-state index in [1.54, 1.807) is 24.3 Å². The number of nitrogens with one attached hydrogen (secondary N) is 1. The summed E-state index contributed by atoms with van der Waals surface area (Å²) in [5, 5.41) is 14.6. The maximum atomic E-state index is 13.6. The van der Waals surface area contributed by atoms with Gasteiger partial charge in [0.25, 0.3) is 5.91 Å². The first-order valence-electron chi connectivity index (χ1n) is 14.9. The molecule has 2 bridgehead atoms. The summed E-state index contributed by atoms with van der Waals surface area (Å²) in [7, 11) is 0. The molecule has 4 N–H and O–H groups in total. The molecule has 226 valence electrons. The van der Waals surface area contributed by atoms with Crippen LogP contribution in [0.25, 0.3) is 0 Å². The van der Waals surface area contributed by atoms with E-state index in [2.05, 4.69) is 32.7 Å². The maximum Gasteiger partial charge on any atom is 0.316 e. The van der Waals surface area contributed by atoms with E-state index in [1.807, 2.05) is 26.8 Å². The Hall–Kier alpha value is -2.32. The van der Waals surface area contributed by atoms with Gasteiger partial charge in [-0.15, -0.1) is 18.3 Å². The van der Waals surface area contributed by atoms with Crippen LogP contribution in [0, 0.1) is 34.0 Å². The van der Waals surface area contributed by atoms with E-state index in [1.165, 1.54) is 11.8 Å². The third-order valence-corrected chi connectivity index (χ3v) is 12.3. The molecule has 1 aromatic carbocycles. The number of ether oxygens (including phenoxy) is 1. The number of anilines is 1. The Balaban J connectivity index is 1.51. The van der Waals surface area contributed by atoms with Crippen molar-refractivity contribution < 1.29 is 24.2 Å². The number of rotatable bonds is 8. The van der Waals surface area contributed by atoms with Gasteiger partial charge >= 0.3 is 5.97 Å². The van der Waals surface area contributed by atoms with Crippen molar-refractivity contribution in [2.45, 2.75) is 90.6 Å². The highest BCUT2D eigenvalue weighted by Crippen LogP contribution is 2.68. The lowest BCUT2D eigenvalue weighted by atomic mass is 9.44. The number of esters is 1. The summed E-state index contributed by atoms with van der Waals surface area (Å²) in [4.78, 5) is 39.6. The summed E-state index contributed by atoms with van der Waals surface area (Å²) >= 11 is 1.42. The van der Waals surface area contributed by atoms with Crippen LogP contribution in [-0.4, -0.2) is 52.0 Å². The van der Waals surface area contributed by atoms with Crippen LogP contribution in [0.5, 0.6) is 0 Å². The molecule has 1 amide bonds. The number of hydrogen-bond donors (Lipinski definition) is 3. The maximum absolute atomic E-state index is 13.6. The molecule has 0 radical (unpaired) electrons. The predicted octanol–water partition coefficient (Wildman–Crippen LogP) is 5.42. The molecule has 0 heterocycles. The van der Waals surface area contributed by atoms with Crippen molar-refractivity contribution in [1.29, 1.82) is 0 Å². The monoisotopic (exact) mass is 584 g/mol. The number of carbonyl (C=O) groups is 3. The second-order valence-electron chi connectivity index (χ2n) is 13.9. The zero-order valence-electron chi connectivity index (χ0n) is 25.5. The van der Waals surface area contributed by atoms with Crippen molar-refractivity contribution in [2.75, 3.05) is 18.0 Å². The lowest BCUT2D eigenvalue weighted by Crippen LogP contribution is -2.63. The number of nitrogen functional groups attached to an aromatic ring is 1. The Morgan fingerprint density at radius 3 is 2.63 bits per heavy atom. The zero-order valence-corrected chi connectivity index (χ0v) is 26.3. The quantitative estimate of drug-likeness (QED) is 0.212. The molecule has 3 aliphatic rings. The summed E-state index contributed by atoms with van der Waals surface area (Å²) in [5.41, 5.74) is 5.32. The number of carbonyl (C=O) groups excluding carboxylic acids is 3. The van der Waals surface area contributed by atoms with Crippen LogP contribution in [0.1, 0.15) is 84.0 Å². The molecule has 0 aromatic heterocycles. The van der Waals surface area contributed by atoms with Crippen LogP contribution in [0.4, 0.5) is 5.69 Å². The van der Waals surface area contributed by atoms with Crippen LogP contribution in [0.2, 0.25) is 0 Å². The van der Waals surface area contributed by atoms with Gasteiger partial charge < -0.3 is 20.9 Å². The number of amides is 1. The van der Waals surface area contributed by atoms with E-state index in [0.717, 1.165) is 19.3 Å². The minimum atomic E-state index is -0.690. The molecular weight excluding hydrogens is 536 g/mol.